The van der Waals surface area contributed by atoms with Crippen molar-refractivity contribution in [2.24, 2.45) is 0 Å². The summed E-state index contributed by atoms with van der Waals surface area (Å²) in [6.07, 6.45) is 4.06. The van der Waals surface area contributed by atoms with Crippen LogP contribution >= 0.6 is 34.4 Å². The Bertz CT molecular complexity index is 1360. The van der Waals surface area contributed by atoms with Gasteiger partial charge in [-0.1, -0.05) is 11.8 Å². The van der Waals surface area contributed by atoms with Crippen LogP contribution in [0, 0.1) is 6.92 Å². The topological polar surface area (TPSA) is 127 Å². The molecule has 0 aliphatic heterocycles. The summed E-state index contributed by atoms with van der Waals surface area (Å²) in [6, 6.07) is 0. The fourth-order valence-electron chi connectivity index (χ4n) is 3.95. The summed E-state index contributed by atoms with van der Waals surface area (Å²) < 4.78 is 10.2. The highest BCUT2D eigenvalue weighted by atomic mass is 32.2. The lowest BCUT2D eigenvalue weighted by molar-refractivity contribution is -0.113. The molecule has 0 saturated heterocycles. The number of H-pyrrole nitrogens is 1. The van der Waals surface area contributed by atoms with Gasteiger partial charge in [0.25, 0.3) is 5.56 Å². The van der Waals surface area contributed by atoms with Gasteiger partial charge in [0.05, 0.1) is 29.9 Å². The van der Waals surface area contributed by atoms with Crippen LogP contribution in [0.5, 0.6) is 0 Å². The number of hydrogen-bond acceptors (Lipinski definition) is 10. The van der Waals surface area contributed by atoms with Gasteiger partial charge < -0.3 is 19.8 Å². The van der Waals surface area contributed by atoms with E-state index in [4.69, 9.17) is 9.47 Å². The molecule has 1 aliphatic carbocycles. The van der Waals surface area contributed by atoms with E-state index in [0.29, 0.717) is 20.9 Å². The van der Waals surface area contributed by atoms with E-state index in [0.717, 1.165) is 54.3 Å². The maximum Gasteiger partial charge on any atom is 0.348 e. The van der Waals surface area contributed by atoms with Gasteiger partial charge in [-0.2, -0.15) is 0 Å². The molecule has 0 saturated carbocycles. The molecule has 3 heterocycles. The minimum atomic E-state index is -0.627. The zero-order valence-corrected chi connectivity index (χ0v) is 22.0. The summed E-state index contributed by atoms with van der Waals surface area (Å²) in [5.41, 5.74) is 1.45. The molecule has 9 nitrogen and oxygen atoms in total. The number of nitrogens with one attached hydrogen (secondary N) is 2. The summed E-state index contributed by atoms with van der Waals surface area (Å²) in [5.74, 6) is -1.65. The number of aromatic nitrogens is 2. The Kier molecular flexibility index (Phi) is 7.92. The van der Waals surface area contributed by atoms with Crippen molar-refractivity contribution in [2.75, 3.05) is 24.3 Å². The third-order valence-electron chi connectivity index (χ3n) is 5.48. The van der Waals surface area contributed by atoms with E-state index in [1.807, 2.05) is 0 Å². The Morgan fingerprint density at radius 1 is 1.09 bits per heavy atom. The Hall–Kier alpha value is -2.70. The van der Waals surface area contributed by atoms with Gasteiger partial charge in [-0.05, 0) is 57.6 Å². The van der Waals surface area contributed by atoms with Gasteiger partial charge in [-0.25, -0.2) is 14.6 Å². The molecular weight excluding hydrogens is 510 g/mol. The second-order valence-electron chi connectivity index (χ2n) is 7.80. The van der Waals surface area contributed by atoms with Crippen LogP contribution in [0.15, 0.2) is 9.95 Å². The Balaban J connectivity index is 1.52. The first-order chi connectivity index (χ1) is 16.8. The number of carbonyl (C=O) groups is 3. The Morgan fingerprint density at radius 3 is 2.54 bits per heavy atom. The molecule has 1 amide bonds. The molecule has 0 spiro atoms. The number of ether oxygens (including phenoxy) is 2. The average Bonchev–Trinajstić information content (AvgIpc) is 3.35. The van der Waals surface area contributed by atoms with E-state index in [1.54, 1.807) is 32.1 Å². The van der Waals surface area contributed by atoms with Crippen LogP contribution in [-0.4, -0.2) is 46.8 Å². The minimum absolute atomic E-state index is 0.0481. The second-order valence-corrected chi connectivity index (χ2v) is 10.9. The molecule has 0 bridgehead atoms. The number of fused-ring (bicyclic) bond motifs is 3. The lowest BCUT2D eigenvalue weighted by Crippen LogP contribution is -2.17. The van der Waals surface area contributed by atoms with Crippen molar-refractivity contribution >= 4 is 67.5 Å². The van der Waals surface area contributed by atoms with Gasteiger partial charge in [0, 0.05) is 4.88 Å². The normalized spacial score (nSPS) is 12.9. The number of thioether (sulfide) groups is 1. The molecular formula is C23H25N3O6S3. The number of amides is 1. The number of aromatic amines is 1. The molecule has 35 heavy (non-hydrogen) atoms. The van der Waals surface area contributed by atoms with Crippen LogP contribution in [0.2, 0.25) is 0 Å². The van der Waals surface area contributed by atoms with Gasteiger partial charge in [-0.3, -0.25) is 9.59 Å². The van der Waals surface area contributed by atoms with Crippen molar-refractivity contribution in [3.05, 3.63) is 36.8 Å². The summed E-state index contributed by atoms with van der Waals surface area (Å²) in [7, 11) is 0. The molecule has 4 rings (SSSR count). The maximum atomic E-state index is 12.7. The first kappa shape index (κ1) is 25.4. The summed E-state index contributed by atoms with van der Waals surface area (Å²) in [4.78, 5) is 59.8. The largest absolute Gasteiger partial charge is 0.462 e. The first-order valence-electron chi connectivity index (χ1n) is 11.3. The van der Waals surface area contributed by atoms with Crippen molar-refractivity contribution in [3.8, 4) is 0 Å². The zero-order chi connectivity index (χ0) is 25.1. The van der Waals surface area contributed by atoms with Crippen molar-refractivity contribution in [3.63, 3.8) is 0 Å². The predicted molar refractivity (Wildman–Crippen MR) is 137 cm³/mol. The van der Waals surface area contributed by atoms with Crippen molar-refractivity contribution in [1.29, 1.82) is 0 Å². The molecule has 1 aliphatic rings. The van der Waals surface area contributed by atoms with Crippen LogP contribution < -0.4 is 10.9 Å². The molecule has 0 radical (unpaired) electrons. The Labute approximate surface area is 213 Å². The molecule has 0 aromatic carbocycles. The predicted octanol–water partition coefficient (Wildman–Crippen LogP) is 4.32. The van der Waals surface area contributed by atoms with Crippen LogP contribution in [0.1, 0.15) is 62.7 Å². The number of thiophene rings is 2. The van der Waals surface area contributed by atoms with Crippen LogP contribution in [-0.2, 0) is 27.1 Å². The van der Waals surface area contributed by atoms with E-state index in [-0.39, 0.29) is 40.0 Å². The fraction of sp³-hybridized carbons (Fsp3) is 0.435. The fourth-order valence-corrected chi connectivity index (χ4v) is 7.04. The quantitative estimate of drug-likeness (QED) is 0.248. The third-order valence-corrected chi connectivity index (χ3v) is 8.73. The zero-order valence-electron chi connectivity index (χ0n) is 19.6. The number of nitrogens with zero attached hydrogens (tertiary/aromatic N) is 1. The molecule has 186 valence electrons. The highest BCUT2D eigenvalue weighted by Gasteiger charge is 2.27. The molecule has 3 aromatic heterocycles. The highest BCUT2D eigenvalue weighted by Crippen LogP contribution is 2.36. The first-order valence-corrected chi connectivity index (χ1v) is 13.9. The lowest BCUT2D eigenvalue weighted by atomic mass is 9.97. The van der Waals surface area contributed by atoms with E-state index < -0.39 is 17.8 Å². The third kappa shape index (κ3) is 5.29. The van der Waals surface area contributed by atoms with Crippen molar-refractivity contribution in [2.45, 2.75) is 51.6 Å². The highest BCUT2D eigenvalue weighted by molar-refractivity contribution is 7.99. The SMILES string of the molecule is CCOC(=O)c1sc(NC(=O)CSc2nc3sc4c(c3c(=O)[nH]2)CCCC4)c(C(=O)OCC)c1C. The summed E-state index contributed by atoms with van der Waals surface area (Å²) in [5, 5.41) is 3.95. The van der Waals surface area contributed by atoms with Crippen molar-refractivity contribution < 1.29 is 23.9 Å². The Morgan fingerprint density at radius 2 is 1.80 bits per heavy atom. The number of aryl methyl sites for hydroxylation is 2. The average molecular weight is 536 g/mol. The van der Waals surface area contributed by atoms with Crippen LogP contribution in [0.4, 0.5) is 5.00 Å². The standard InChI is InChI=1S/C23H25N3O6S3/c1-4-31-21(29)15-11(3)17(22(30)32-5-2)35-19(15)24-14(27)10-33-23-25-18(28)16-12-8-6-7-9-13(12)34-20(16)26-23/h4-10H2,1-3H3,(H,24,27)(H,25,26,28). The molecule has 0 fully saturated rings. The van der Waals surface area contributed by atoms with Crippen molar-refractivity contribution in [1.82, 2.24) is 9.97 Å². The molecule has 0 atom stereocenters. The van der Waals surface area contributed by atoms with Gasteiger partial charge in [-0.15, -0.1) is 22.7 Å². The summed E-state index contributed by atoms with van der Waals surface area (Å²) in [6.45, 7) is 5.32. The number of rotatable bonds is 8. The molecule has 2 N–H and O–H groups in total. The van der Waals surface area contributed by atoms with E-state index in [9.17, 15) is 19.2 Å². The summed E-state index contributed by atoms with van der Waals surface area (Å²) >= 11 is 3.61. The van der Waals surface area contributed by atoms with E-state index in [1.165, 1.54) is 4.88 Å². The molecule has 12 heteroatoms. The number of hydrogen-bond donors (Lipinski definition) is 2. The molecule has 0 unspecified atom stereocenters. The monoisotopic (exact) mass is 535 g/mol. The lowest BCUT2D eigenvalue weighted by Gasteiger charge is -2.09. The smallest absolute Gasteiger partial charge is 0.348 e. The maximum absolute atomic E-state index is 12.7. The number of carbonyl (C=O) groups excluding carboxylic acids is 3. The van der Waals surface area contributed by atoms with Gasteiger partial charge in [0.1, 0.15) is 14.7 Å². The number of esters is 2. The van der Waals surface area contributed by atoms with E-state index in [2.05, 4.69) is 15.3 Å². The molecule has 3 aromatic rings. The van der Waals surface area contributed by atoms with Crippen LogP contribution in [0.3, 0.4) is 0 Å². The number of anilines is 1. The van der Waals surface area contributed by atoms with Gasteiger partial charge >= 0.3 is 11.9 Å². The van der Waals surface area contributed by atoms with Gasteiger partial charge in [0.2, 0.25) is 5.91 Å². The second kappa shape index (κ2) is 10.9. The van der Waals surface area contributed by atoms with Crippen LogP contribution in [0.25, 0.3) is 10.2 Å². The van der Waals surface area contributed by atoms with Gasteiger partial charge in [0.15, 0.2) is 5.16 Å². The minimum Gasteiger partial charge on any atom is -0.462 e. The van der Waals surface area contributed by atoms with E-state index >= 15 is 0 Å².